The van der Waals surface area contributed by atoms with Gasteiger partial charge in [0.05, 0.1) is 0 Å². The molecule has 2 rings (SSSR count). The summed E-state index contributed by atoms with van der Waals surface area (Å²) >= 11 is 0. The quantitative estimate of drug-likeness (QED) is 0.786. The number of carbonyl (C=O) groups excluding carboxylic acids is 1. The van der Waals surface area contributed by atoms with Crippen molar-refractivity contribution in [3.8, 4) is 0 Å². The minimum atomic E-state index is -0.0465. The van der Waals surface area contributed by atoms with E-state index in [0.29, 0.717) is 11.6 Å². The van der Waals surface area contributed by atoms with E-state index in [9.17, 15) is 4.79 Å². The molecule has 0 aliphatic carbocycles. The second-order valence-corrected chi connectivity index (χ2v) is 5.11. The highest BCUT2D eigenvalue weighted by atomic mass is 16.1. The van der Waals surface area contributed by atoms with Crippen LogP contribution in [-0.2, 0) is 4.79 Å². The van der Waals surface area contributed by atoms with Crippen molar-refractivity contribution in [3.63, 3.8) is 0 Å². The molecule has 1 fully saturated rings. The van der Waals surface area contributed by atoms with Crippen molar-refractivity contribution in [1.82, 2.24) is 4.90 Å². The highest BCUT2D eigenvalue weighted by Gasteiger charge is 2.21. The Labute approximate surface area is 108 Å². The molecule has 3 N–H and O–H groups in total. The summed E-state index contributed by atoms with van der Waals surface area (Å²) in [5.74, 6) is 0.471. The Balaban J connectivity index is 2.23. The predicted octanol–water partition coefficient (Wildman–Crippen LogP) is 2.04. The number of rotatable bonds is 2. The SMILES string of the molecule is CC(=O)Nc1cc(N)ccc1C1CCN(C)CC1. The van der Waals surface area contributed by atoms with Gasteiger partial charge in [-0.05, 0) is 56.6 Å². The van der Waals surface area contributed by atoms with Gasteiger partial charge in [-0.2, -0.15) is 0 Å². The van der Waals surface area contributed by atoms with E-state index in [1.54, 1.807) is 0 Å². The van der Waals surface area contributed by atoms with Gasteiger partial charge in [0.15, 0.2) is 0 Å². The zero-order valence-corrected chi connectivity index (χ0v) is 11.1. The lowest BCUT2D eigenvalue weighted by Crippen LogP contribution is -2.29. The Morgan fingerprint density at radius 3 is 2.67 bits per heavy atom. The summed E-state index contributed by atoms with van der Waals surface area (Å²) in [6.45, 7) is 3.74. The van der Waals surface area contributed by atoms with Crippen LogP contribution in [0.1, 0.15) is 31.2 Å². The van der Waals surface area contributed by atoms with Crippen molar-refractivity contribution in [2.75, 3.05) is 31.2 Å². The van der Waals surface area contributed by atoms with Crippen molar-refractivity contribution < 1.29 is 4.79 Å². The van der Waals surface area contributed by atoms with E-state index in [2.05, 4.69) is 23.3 Å². The first kappa shape index (κ1) is 12.9. The minimum absolute atomic E-state index is 0.0465. The smallest absolute Gasteiger partial charge is 0.221 e. The molecule has 18 heavy (non-hydrogen) atoms. The monoisotopic (exact) mass is 247 g/mol. The lowest BCUT2D eigenvalue weighted by Gasteiger charge is -2.30. The van der Waals surface area contributed by atoms with Crippen molar-refractivity contribution in [2.24, 2.45) is 0 Å². The van der Waals surface area contributed by atoms with Gasteiger partial charge in [-0.1, -0.05) is 6.07 Å². The van der Waals surface area contributed by atoms with Crippen LogP contribution < -0.4 is 11.1 Å². The maximum atomic E-state index is 11.3. The van der Waals surface area contributed by atoms with Gasteiger partial charge in [0.1, 0.15) is 0 Å². The Hall–Kier alpha value is -1.55. The van der Waals surface area contributed by atoms with Crippen LogP contribution in [0.15, 0.2) is 18.2 Å². The fraction of sp³-hybridized carbons (Fsp3) is 0.500. The Bertz CT molecular complexity index is 437. The van der Waals surface area contributed by atoms with Crippen molar-refractivity contribution in [1.29, 1.82) is 0 Å². The van der Waals surface area contributed by atoms with E-state index < -0.39 is 0 Å². The van der Waals surface area contributed by atoms with E-state index >= 15 is 0 Å². The fourth-order valence-electron chi connectivity index (χ4n) is 2.55. The summed E-state index contributed by atoms with van der Waals surface area (Å²) in [6.07, 6.45) is 2.26. The molecule has 4 heteroatoms. The average Bonchev–Trinajstić information content (AvgIpc) is 2.30. The molecule has 98 valence electrons. The zero-order chi connectivity index (χ0) is 13.1. The molecule has 1 amide bonds. The Morgan fingerprint density at radius 1 is 1.39 bits per heavy atom. The molecule has 0 saturated carbocycles. The van der Waals surface area contributed by atoms with Crippen LogP contribution >= 0.6 is 0 Å². The first-order valence-corrected chi connectivity index (χ1v) is 6.42. The van der Waals surface area contributed by atoms with Crippen molar-refractivity contribution in [3.05, 3.63) is 23.8 Å². The second-order valence-electron chi connectivity index (χ2n) is 5.11. The van der Waals surface area contributed by atoms with Gasteiger partial charge in [0.2, 0.25) is 5.91 Å². The molecule has 0 radical (unpaired) electrons. The summed E-state index contributed by atoms with van der Waals surface area (Å²) in [4.78, 5) is 13.6. The molecule has 1 aliphatic heterocycles. The largest absolute Gasteiger partial charge is 0.399 e. The van der Waals surface area contributed by atoms with E-state index in [4.69, 9.17) is 5.73 Å². The number of hydrogen-bond acceptors (Lipinski definition) is 3. The predicted molar refractivity (Wildman–Crippen MR) is 74.6 cm³/mol. The maximum absolute atomic E-state index is 11.3. The molecule has 0 bridgehead atoms. The van der Waals surface area contributed by atoms with Crippen LogP contribution in [0.4, 0.5) is 11.4 Å². The lowest BCUT2D eigenvalue weighted by molar-refractivity contribution is -0.114. The number of nitrogen functional groups attached to an aromatic ring is 1. The molecule has 1 aliphatic rings. The van der Waals surface area contributed by atoms with Crippen molar-refractivity contribution >= 4 is 17.3 Å². The molecule has 1 aromatic carbocycles. The number of nitrogens with zero attached hydrogens (tertiary/aromatic N) is 1. The van der Waals surface area contributed by atoms with Crippen LogP contribution in [-0.4, -0.2) is 30.9 Å². The number of benzene rings is 1. The number of carbonyl (C=O) groups is 1. The molecule has 0 unspecified atom stereocenters. The van der Waals surface area contributed by atoms with Gasteiger partial charge in [-0.3, -0.25) is 4.79 Å². The summed E-state index contributed by atoms with van der Waals surface area (Å²) in [7, 11) is 2.15. The number of likely N-dealkylation sites (tertiary alicyclic amines) is 1. The Kier molecular flexibility index (Phi) is 3.87. The van der Waals surface area contributed by atoms with Crippen LogP contribution in [0.2, 0.25) is 0 Å². The van der Waals surface area contributed by atoms with Crippen molar-refractivity contribution in [2.45, 2.75) is 25.7 Å². The standard InChI is InChI=1S/C14H21N3O/c1-10(18)16-14-9-12(15)3-4-13(14)11-5-7-17(2)8-6-11/h3-4,9,11H,5-8,15H2,1-2H3,(H,16,18). The molecule has 1 heterocycles. The molecule has 1 saturated heterocycles. The summed E-state index contributed by atoms with van der Waals surface area (Å²) < 4.78 is 0. The van der Waals surface area contributed by atoms with Gasteiger partial charge in [0.25, 0.3) is 0 Å². The second kappa shape index (κ2) is 5.40. The molecule has 0 atom stereocenters. The summed E-state index contributed by atoms with van der Waals surface area (Å²) in [5.41, 5.74) is 8.57. The molecule has 1 aromatic rings. The van der Waals surface area contributed by atoms with Gasteiger partial charge in [-0.15, -0.1) is 0 Å². The van der Waals surface area contributed by atoms with Gasteiger partial charge < -0.3 is 16.0 Å². The molecule has 0 aromatic heterocycles. The Morgan fingerprint density at radius 2 is 2.06 bits per heavy atom. The number of nitrogens with one attached hydrogen (secondary N) is 1. The molecular formula is C14H21N3O. The highest BCUT2D eigenvalue weighted by molar-refractivity contribution is 5.90. The van der Waals surface area contributed by atoms with Crippen LogP contribution in [0.3, 0.4) is 0 Å². The zero-order valence-electron chi connectivity index (χ0n) is 11.1. The minimum Gasteiger partial charge on any atom is -0.399 e. The van der Waals surface area contributed by atoms with Gasteiger partial charge >= 0.3 is 0 Å². The third-order valence-corrected chi connectivity index (χ3v) is 3.55. The first-order valence-electron chi connectivity index (χ1n) is 6.42. The number of hydrogen-bond donors (Lipinski definition) is 2. The van der Waals surface area contributed by atoms with E-state index in [1.165, 1.54) is 12.5 Å². The molecule has 4 nitrogen and oxygen atoms in total. The number of piperidine rings is 1. The van der Waals surface area contributed by atoms with Gasteiger partial charge in [-0.25, -0.2) is 0 Å². The maximum Gasteiger partial charge on any atom is 0.221 e. The number of amides is 1. The number of anilines is 2. The first-order chi connectivity index (χ1) is 8.56. The van der Waals surface area contributed by atoms with Gasteiger partial charge in [0, 0.05) is 18.3 Å². The van der Waals surface area contributed by atoms with E-state index in [-0.39, 0.29) is 5.91 Å². The molecule has 0 spiro atoms. The summed E-state index contributed by atoms with van der Waals surface area (Å²) in [6, 6.07) is 5.82. The third kappa shape index (κ3) is 3.01. The van der Waals surface area contributed by atoms with Crippen LogP contribution in [0, 0.1) is 0 Å². The van der Waals surface area contributed by atoms with Crippen LogP contribution in [0.25, 0.3) is 0 Å². The number of nitrogens with two attached hydrogens (primary N) is 1. The summed E-state index contributed by atoms with van der Waals surface area (Å²) in [5, 5.41) is 2.89. The lowest BCUT2D eigenvalue weighted by atomic mass is 9.88. The normalized spacial score (nSPS) is 17.7. The molecular weight excluding hydrogens is 226 g/mol. The average molecular weight is 247 g/mol. The van der Waals surface area contributed by atoms with Crippen LogP contribution in [0.5, 0.6) is 0 Å². The fourth-order valence-corrected chi connectivity index (χ4v) is 2.55. The topological polar surface area (TPSA) is 58.4 Å². The van der Waals surface area contributed by atoms with E-state index in [0.717, 1.165) is 31.6 Å². The van der Waals surface area contributed by atoms with E-state index in [1.807, 2.05) is 12.1 Å². The third-order valence-electron chi connectivity index (χ3n) is 3.55. The highest BCUT2D eigenvalue weighted by Crippen LogP contribution is 2.33.